The molecule has 0 spiro atoms. The summed E-state index contributed by atoms with van der Waals surface area (Å²) in [7, 11) is 0. The van der Waals surface area contributed by atoms with Crippen LogP contribution in [0.3, 0.4) is 0 Å². The third-order valence-corrected chi connectivity index (χ3v) is 3.52. The summed E-state index contributed by atoms with van der Waals surface area (Å²) in [6.45, 7) is 2.58. The van der Waals surface area contributed by atoms with E-state index < -0.39 is 0 Å². The molecule has 1 N–H and O–H groups in total. The third kappa shape index (κ3) is 4.01. The average molecular weight is 321 g/mol. The summed E-state index contributed by atoms with van der Waals surface area (Å²) in [4.78, 5) is 12.1. The molecular formula is C19H19N3O2. The number of hydrogen-bond acceptors (Lipinski definition) is 3. The topological polar surface area (TPSA) is 56.1 Å². The predicted molar refractivity (Wildman–Crippen MR) is 93.5 cm³/mol. The summed E-state index contributed by atoms with van der Waals surface area (Å²) in [5.41, 5.74) is 2.66. The minimum Gasteiger partial charge on any atom is -0.494 e. The second-order valence-corrected chi connectivity index (χ2v) is 5.30. The quantitative estimate of drug-likeness (QED) is 0.756. The number of nitrogens with one attached hydrogen (secondary N) is 1. The fourth-order valence-corrected chi connectivity index (χ4v) is 2.38. The van der Waals surface area contributed by atoms with Gasteiger partial charge in [-0.1, -0.05) is 12.1 Å². The highest BCUT2D eigenvalue weighted by atomic mass is 16.5. The van der Waals surface area contributed by atoms with Crippen molar-refractivity contribution in [1.82, 2.24) is 9.78 Å². The molecule has 0 atom stereocenters. The van der Waals surface area contributed by atoms with Gasteiger partial charge in [-0.25, -0.2) is 4.68 Å². The molecule has 122 valence electrons. The van der Waals surface area contributed by atoms with Crippen LogP contribution in [0.4, 0.5) is 5.69 Å². The van der Waals surface area contributed by atoms with Crippen LogP contribution in [-0.2, 0) is 11.2 Å². The second kappa shape index (κ2) is 7.46. The zero-order valence-electron chi connectivity index (χ0n) is 13.5. The number of ether oxygens (including phenoxy) is 1. The first kappa shape index (κ1) is 15.8. The summed E-state index contributed by atoms with van der Waals surface area (Å²) in [5.74, 6) is 0.766. The van der Waals surface area contributed by atoms with E-state index in [1.807, 2.05) is 67.7 Å². The molecule has 0 aliphatic rings. The summed E-state index contributed by atoms with van der Waals surface area (Å²) < 4.78 is 7.17. The molecule has 0 radical (unpaired) electrons. The number of nitrogens with zero attached hydrogens (tertiary/aromatic N) is 2. The van der Waals surface area contributed by atoms with Crippen LogP contribution in [0.5, 0.6) is 5.75 Å². The molecule has 0 bridgehead atoms. The predicted octanol–water partition coefficient (Wildman–Crippen LogP) is 3.45. The van der Waals surface area contributed by atoms with E-state index in [2.05, 4.69) is 10.4 Å². The fraction of sp³-hybridized carbons (Fsp3) is 0.158. The molecule has 0 aliphatic carbocycles. The van der Waals surface area contributed by atoms with Gasteiger partial charge in [-0.3, -0.25) is 4.79 Å². The lowest BCUT2D eigenvalue weighted by Gasteiger charge is -2.08. The standard InChI is InChI=1S/C19H19N3O2/c1-2-24-18-10-4-15(5-11-18)14-19(23)21-16-6-8-17(9-7-16)22-13-3-12-20-22/h3-13H,2,14H2,1H3,(H,21,23). The van der Waals surface area contributed by atoms with Crippen LogP contribution in [0, 0.1) is 0 Å². The van der Waals surface area contributed by atoms with Gasteiger partial charge in [0, 0.05) is 18.1 Å². The molecule has 3 aromatic rings. The Morgan fingerprint density at radius 1 is 1.12 bits per heavy atom. The van der Waals surface area contributed by atoms with Gasteiger partial charge in [-0.15, -0.1) is 0 Å². The number of amides is 1. The van der Waals surface area contributed by atoms with E-state index >= 15 is 0 Å². The van der Waals surface area contributed by atoms with Crippen LogP contribution in [-0.4, -0.2) is 22.3 Å². The van der Waals surface area contributed by atoms with E-state index in [1.165, 1.54) is 0 Å². The molecule has 0 saturated heterocycles. The van der Waals surface area contributed by atoms with Crippen molar-refractivity contribution in [2.75, 3.05) is 11.9 Å². The summed E-state index contributed by atoms with van der Waals surface area (Å²) in [5, 5.41) is 7.08. The molecule has 0 aliphatic heterocycles. The largest absolute Gasteiger partial charge is 0.494 e. The lowest BCUT2D eigenvalue weighted by molar-refractivity contribution is -0.115. The van der Waals surface area contributed by atoms with Crippen molar-refractivity contribution < 1.29 is 9.53 Å². The van der Waals surface area contributed by atoms with Gasteiger partial charge in [0.2, 0.25) is 5.91 Å². The molecule has 0 unspecified atom stereocenters. The van der Waals surface area contributed by atoms with Crippen LogP contribution in [0.1, 0.15) is 12.5 Å². The highest BCUT2D eigenvalue weighted by Gasteiger charge is 2.05. The third-order valence-electron chi connectivity index (χ3n) is 3.52. The molecule has 1 amide bonds. The highest BCUT2D eigenvalue weighted by Crippen LogP contribution is 2.15. The van der Waals surface area contributed by atoms with Crippen LogP contribution >= 0.6 is 0 Å². The SMILES string of the molecule is CCOc1ccc(CC(=O)Nc2ccc(-n3cccn3)cc2)cc1. The van der Waals surface area contributed by atoms with E-state index in [-0.39, 0.29) is 5.91 Å². The van der Waals surface area contributed by atoms with Gasteiger partial charge >= 0.3 is 0 Å². The van der Waals surface area contributed by atoms with Crippen LogP contribution in [0.25, 0.3) is 5.69 Å². The van der Waals surface area contributed by atoms with E-state index in [9.17, 15) is 4.79 Å². The van der Waals surface area contributed by atoms with E-state index in [1.54, 1.807) is 10.9 Å². The number of hydrogen-bond donors (Lipinski definition) is 1. The Hall–Kier alpha value is -3.08. The Morgan fingerprint density at radius 2 is 1.88 bits per heavy atom. The van der Waals surface area contributed by atoms with Crippen molar-refractivity contribution in [3.05, 3.63) is 72.6 Å². The highest BCUT2D eigenvalue weighted by molar-refractivity contribution is 5.92. The zero-order valence-corrected chi connectivity index (χ0v) is 13.5. The van der Waals surface area contributed by atoms with Crippen molar-refractivity contribution in [3.8, 4) is 11.4 Å². The Balaban J connectivity index is 1.58. The summed E-state index contributed by atoms with van der Waals surface area (Å²) >= 11 is 0. The fourth-order valence-electron chi connectivity index (χ4n) is 2.38. The van der Waals surface area contributed by atoms with Crippen molar-refractivity contribution in [1.29, 1.82) is 0 Å². The van der Waals surface area contributed by atoms with Crippen molar-refractivity contribution in [3.63, 3.8) is 0 Å². The van der Waals surface area contributed by atoms with Gasteiger partial charge in [0.05, 0.1) is 18.7 Å². The minimum atomic E-state index is -0.0500. The van der Waals surface area contributed by atoms with Gasteiger partial charge in [-0.05, 0) is 55.0 Å². The molecule has 0 saturated carbocycles. The van der Waals surface area contributed by atoms with Crippen LogP contribution in [0.15, 0.2) is 67.0 Å². The molecule has 1 heterocycles. The van der Waals surface area contributed by atoms with Crippen molar-refractivity contribution in [2.45, 2.75) is 13.3 Å². The second-order valence-electron chi connectivity index (χ2n) is 5.30. The van der Waals surface area contributed by atoms with E-state index in [0.29, 0.717) is 13.0 Å². The van der Waals surface area contributed by atoms with Crippen molar-refractivity contribution >= 4 is 11.6 Å². The first-order valence-electron chi connectivity index (χ1n) is 7.86. The molecule has 5 heteroatoms. The summed E-state index contributed by atoms with van der Waals surface area (Å²) in [6.07, 6.45) is 3.93. The minimum absolute atomic E-state index is 0.0500. The van der Waals surface area contributed by atoms with Gasteiger partial charge < -0.3 is 10.1 Å². The van der Waals surface area contributed by atoms with Crippen molar-refractivity contribution in [2.24, 2.45) is 0 Å². The summed E-state index contributed by atoms with van der Waals surface area (Å²) in [6, 6.07) is 17.0. The Kier molecular flexibility index (Phi) is 4.91. The molecule has 0 fully saturated rings. The Morgan fingerprint density at radius 3 is 2.50 bits per heavy atom. The maximum Gasteiger partial charge on any atom is 0.228 e. The van der Waals surface area contributed by atoms with Crippen LogP contribution < -0.4 is 10.1 Å². The molecular weight excluding hydrogens is 302 g/mol. The van der Waals surface area contributed by atoms with Gasteiger partial charge in [0.15, 0.2) is 0 Å². The first-order valence-corrected chi connectivity index (χ1v) is 7.86. The number of carbonyl (C=O) groups is 1. The monoisotopic (exact) mass is 321 g/mol. The molecule has 2 aromatic carbocycles. The maximum atomic E-state index is 12.1. The maximum absolute atomic E-state index is 12.1. The molecule has 5 nitrogen and oxygen atoms in total. The average Bonchev–Trinajstić information content (AvgIpc) is 3.12. The van der Waals surface area contributed by atoms with Gasteiger partial charge in [0.1, 0.15) is 5.75 Å². The molecule has 24 heavy (non-hydrogen) atoms. The zero-order chi connectivity index (χ0) is 16.8. The number of benzene rings is 2. The molecule has 1 aromatic heterocycles. The smallest absolute Gasteiger partial charge is 0.228 e. The Bertz CT molecular complexity index is 778. The first-order chi connectivity index (χ1) is 11.7. The molecule has 3 rings (SSSR count). The van der Waals surface area contributed by atoms with E-state index in [4.69, 9.17) is 4.74 Å². The lowest BCUT2D eigenvalue weighted by Crippen LogP contribution is -2.14. The van der Waals surface area contributed by atoms with Gasteiger partial charge in [0.25, 0.3) is 0 Å². The number of aromatic nitrogens is 2. The normalized spacial score (nSPS) is 10.4. The van der Waals surface area contributed by atoms with E-state index in [0.717, 1.165) is 22.7 Å². The lowest BCUT2D eigenvalue weighted by atomic mass is 10.1. The number of rotatable bonds is 6. The number of carbonyl (C=O) groups excluding carboxylic acids is 1. The van der Waals surface area contributed by atoms with Crippen LogP contribution in [0.2, 0.25) is 0 Å². The van der Waals surface area contributed by atoms with Gasteiger partial charge in [-0.2, -0.15) is 5.10 Å². The Labute approximate surface area is 140 Å². The number of anilines is 1.